The monoisotopic (exact) mass is 1390 g/mol. The number of alkyl halides is 1. The van der Waals surface area contributed by atoms with Crippen molar-refractivity contribution in [2.75, 3.05) is 25.0 Å². The summed E-state index contributed by atoms with van der Waals surface area (Å²) in [5.41, 5.74) is 20.1. The smallest absolute Gasteiger partial charge is 1.00 e. The molecule has 6 aromatic rings. The second kappa shape index (κ2) is 35.8. The Morgan fingerprint density at radius 2 is 1.16 bits per heavy atom. The summed E-state index contributed by atoms with van der Waals surface area (Å²) in [6.07, 6.45) is 9.77. The fraction of sp³-hybridized carbons (Fsp3) is 0.407. The Labute approximate surface area is 591 Å². The van der Waals surface area contributed by atoms with E-state index >= 15 is 0 Å². The molecule has 6 rings (SSSR count). The fourth-order valence-electron chi connectivity index (χ4n) is 8.94. The van der Waals surface area contributed by atoms with E-state index in [0.717, 1.165) is 52.6 Å². The summed E-state index contributed by atoms with van der Waals surface area (Å²) in [6.45, 7) is 36.4. The average Bonchev–Trinajstić information content (AvgIpc) is 3.34. The number of carbonyl (C=O) groups is 1. The van der Waals surface area contributed by atoms with Crippen molar-refractivity contribution >= 4 is 62.1 Å². The van der Waals surface area contributed by atoms with E-state index in [4.69, 9.17) is 39.0 Å². The molecule has 0 bridgehead atoms. The number of rotatable bonds is 19. The molecule has 0 fully saturated rings. The second-order valence-electron chi connectivity index (χ2n) is 21.4. The van der Waals surface area contributed by atoms with Crippen LogP contribution in [0, 0.1) is 27.7 Å². The van der Waals surface area contributed by atoms with Gasteiger partial charge in [-0.15, -0.1) is 0 Å². The van der Waals surface area contributed by atoms with Crippen molar-refractivity contribution in [2.45, 2.75) is 132 Å². The Morgan fingerprint density at radius 3 is 1.61 bits per heavy atom. The van der Waals surface area contributed by atoms with Gasteiger partial charge in [0.05, 0.1) is 0 Å². The van der Waals surface area contributed by atoms with Crippen LogP contribution in [0.5, 0.6) is 0 Å². The van der Waals surface area contributed by atoms with Gasteiger partial charge in [0.25, 0.3) is 6.47 Å². The number of aromatic nitrogens is 2. The Bertz CT molecular complexity index is 2650. The van der Waals surface area contributed by atoms with Crippen LogP contribution in [-0.2, 0) is 33.8 Å². The first-order valence-corrected chi connectivity index (χ1v) is 33.9. The summed E-state index contributed by atoms with van der Waals surface area (Å²) < 4.78 is 2.83. The third-order valence-corrected chi connectivity index (χ3v) is 22.3. The first-order valence-electron chi connectivity index (χ1n) is 25.1. The maximum absolute atomic E-state index is 8.64. The standard InChI is InChI=1S/C26H32ClN3.C23H25ClN2.C9H24BrNSi2.CH2O3.2Cs.H/c1-19-17-29-14-12-24(19)21-8-5-10-23(16-21)26(3,4)30(15-7-13-28)18-22-9-6-11-25(27)20(22)2;1-16-14-25-12-11-21(16)18-7-5-9-20(13-18)23(3,4)26-15-19-8-6-10-22(24)17(19)2;1-12(2,3)11(9-7-8-10)13(4,5)6;2-1-4-3;;;/h5-6,8-12,14,16-17H,7,13,15,18,28H2,1-4H3;5-14,26H,15H2,1-4H3;7-9H2,1-6H3;1,3H;;;/q;;;;2*+1;-1/p-1. The molecule has 0 amide bonds. The predicted molar refractivity (Wildman–Crippen MR) is 318 cm³/mol. The Kier molecular flexibility index (Phi) is 34.9. The van der Waals surface area contributed by atoms with Crippen molar-refractivity contribution in [3.05, 3.63) is 176 Å². The van der Waals surface area contributed by atoms with Gasteiger partial charge < -0.3 is 26.9 Å². The molecule has 0 atom stereocenters. The number of benzene rings is 4. The van der Waals surface area contributed by atoms with E-state index in [9.17, 15) is 0 Å². The van der Waals surface area contributed by atoms with Crippen LogP contribution >= 0.6 is 39.1 Å². The first kappa shape index (κ1) is 73.1. The minimum absolute atomic E-state index is 0. The van der Waals surface area contributed by atoms with Gasteiger partial charge in [0, 0.05) is 70.9 Å². The van der Waals surface area contributed by atoms with Crippen LogP contribution in [0.1, 0.15) is 86.5 Å². The van der Waals surface area contributed by atoms with Crippen molar-refractivity contribution in [2.24, 2.45) is 5.73 Å². The summed E-state index contributed by atoms with van der Waals surface area (Å²) in [7, 11) is -2.17. The fourth-order valence-corrected chi connectivity index (χ4v) is 19.3. The van der Waals surface area contributed by atoms with E-state index in [2.05, 4.69) is 213 Å². The number of halogens is 3. The maximum Gasteiger partial charge on any atom is 1.00 e. The predicted octanol–water partition coefficient (Wildman–Crippen LogP) is 8.45. The van der Waals surface area contributed by atoms with Crippen LogP contribution in [0.4, 0.5) is 0 Å². The zero-order chi connectivity index (χ0) is 54.6. The van der Waals surface area contributed by atoms with Crippen LogP contribution in [0.15, 0.2) is 122 Å². The van der Waals surface area contributed by atoms with Gasteiger partial charge in [0.1, 0.15) is 16.5 Å². The van der Waals surface area contributed by atoms with Gasteiger partial charge >= 0.3 is 138 Å². The third kappa shape index (κ3) is 23.8. The number of hydrogen-bond donors (Lipinski definition) is 2. The van der Waals surface area contributed by atoms with Gasteiger partial charge in [0.2, 0.25) is 0 Å². The van der Waals surface area contributed by atoms with Crippen molar-refractivity contribution in [1.29, 1.82) is 0 Å². The first-order chi connectivity index (χ1) is 34.3. The normalized spacial score (nSPS) is 11.4. The molecule has 0 aliphatic carbocycles. The van der Waals surface area contributed by atoms with Crippen molar-refractivity contribution in [3.63, 3.8) is 0 Å². The van der Waals surface area contributed by atoms with Crippen molar-refractivity contribution in [3.8, 4) is 22.3 Å². The van der Waals surface area contributed by atoms with Gasteiger partial charge in [0.15, 0.2) is 0 Å². The van der Waals surface area contributed by atoms with Crippen LogP contribution in [0.25, 0.3) is 22.3 Å². The molecule has 0 radical (unpaired) electrons. The molecule has 0 aliphatic heterocycles. The van der Waals surface area contributed by atoms with Gasteiger partial charge in [-0.05, 0) is 184 Å². The van der Waals surface area contributed by atoms with Gasteiger partial charge in [-0.1, -0.05) is 139 Å². The van der Waals surface area contributed by atoms with E-state index < -0.39 is 16.5 Å². The molecule has 9 nitrogen and oxygen atoms in total. The molecule has 4 aromatic carbocycles. The zero-order valence-corrected chi connectivity index (χ0v) is 65.7. The topological polar surface area (TPSA) is 120 Å². The van der Waals surface area contributed by atoms with E-state index in [1.165, 1.54) is 68.6 Å². The molecule has 0 spiro atoms. The van der Waals surface area contributed by atoms with E-state index in [1.807, 2.05) is 49.1 Å². The largest absolute Gasteiger partial charge is 1.00 e. The van der Waals surface area contributed by atoms with Crippen LogP contribution in [-0.4, -0.2) is 67.0 Å². The van der Waals surface area contributed by atoms with Crippen LogP contribution in [0.3, 0.4) is 0 Å². The number of nitrogens with zero attached hydrogens (tertiary/aromatic N) is 4. The van der Waals surface area contributed by atoms with Gasteiger partial charge in [-0.2, -0.15) is 0 Å². The van der Waals surface area contributed by atoms with Gasteiger partial charge in [-0.25, -0.2) is 0 Å². The minimum atomic E-state index is -1.09. The Hall–Kier alpha value is 0.0477. The number of carbonyl (C=O) groups excluding carboxylic acids is 1. The molecule has 75 heavy (non-hydrogen) atoms. The molecule has 2 heterocycles. The zero-order valence-electron chi connectivity index (χ0n) is 49.0. The summed E-state index contributed by atoms with van der Waals surface area (Å²) in [4.78, 5) is 22.2. The molecule has 3 N–H and O–H groups in total. The van der Waals surface area contributed by atoms with Gasteiger partial charge in [-0.3, -0.25) is 19.7 Å². The molecule has 0 saturated carbocycles. The molecular weight excluding hydrogens is 1310 g/mol. The quantitative estimate of drug-likeness (QED) is 0.0271. The van der Waals surface area contributed by atoms with E-state index in [-0.39, 0.29) is 157 Å². The average molecular weight is 1400 g/mol. The summed E-state index contributed by atoms with van der Waals surface area (Å²) in [6, 6.07) is 34.0. The number of nitrogens with two attached hydrogens (primary N) is 1. The molecule has 398 valence electrons. The Morgan fingerprint density at radius 1 is 0.707 bits per heavy atom. The van der Waals surface area contributed by atoms with Crippen molar-refractivity contribution < 1.29 is 154 Å². The Balaban J connectivity index is 0.00000112. The molecule has 0 unspecified atom stereocenters. The summed E-state index contributed by atoms with van der Waals surface area (Å²) in [5.74, 6) is 0. The van der Waals surface area contributed by atoms with E-state index in [1.54, 1.807) is 0 Å². The number of hydrogen-bond acceptors (Lipinski definition) is 9. The number of nitrogens with one attached hydrogen (secondary N) is 1. The molecule has 0 aliphatic rings. The number of aryl methyl sites for hydroxylation is 2. The number of pyridine rings is 2. The molecular formula is C59H83BrCl2Cs2N6O3Si2. The third-order valence-electron chi connectivity index (χ3n) is 13.3. The second-order valence-corrected chi connectivity index (χ2v) is 33.2. The molecule has 16 heteroatoms. The van der Waals surface area contributed by atoms with Crippen LogP contribution < -0.4 is 154 Å². The minimum Gasteiger partial charge on any atom is -1.00 e. The molecule has 2 aromatic heterocycles. The SMILES string of the molecule is C[Si](C)(C)N(CCCBr)[Si](C)(C)C.Cc1cnccc1-c1cccc(C(C)(C)N(CCCN)Cc2cccc(Cl)c2C)c1.Cc1cnccc1-c1cccc(C(C)(C)NCc2cccc(Cl)c2C)c1.O=CO[O-].[Cs+].[Cs+].[H-]. The van der Waals surface area contributed by atoms with E-state index in [0.29, 0.717) is 6.54 Å². The van der Waals surface area contributed by atoms with Crippen LogP contribution in [0.2, 0.25) is 49.3 Å². The molecule has 0 saturated heterocycles. The maximum atomic E-state index is 8.64. The summed E-state index contributed by atoms with van der Waals surface area (Å²) >= 11 is 16.2. The van der Waals surface area contributed by atoms with Crippen molar-refractivity contribution in [1.82, 2.24) is 24.4 Å². The summed E-state index contributed by atoms with van der Waals surface area (Å²) in [5, 5.41) is 14.9.